The molecule has 7 rings (SSSR count). The number of aromatic nitrogens is 2. The van der Waals surface area contributed by atoms with E-state index in [1.165, 1.54) is 5.01 Å². The van der Waals surface area contributed by atoms with Gasteiger partial charge in [-0.1, -0.05) is 44.2 Å². The maximum Gasteiger partial charge on any atom is 0.408 e. The third kappa shape index (κ3) is 10.5. The Kier molecular flexibility index (Phi) is 13.8. The molecule has 340 valence electrons. The Labute approximate surface area is 369 Å². The highest BCUT2D eigenvalue weighted by atomic mass is 16.6. The lowest BCUT2D eigenvalue weighted by molar-refractivity contribution is -0.538. The summed E-state index contributed by atoms with van der Waals surface area (Å²) in [5, 5.41) is 38.5. The van der Waals surface area contributed by atoms with Crippen molar-refractivity contribution in [2.75, 3.05) is 57.4 Å². The number of alkyl carbamates (subject to hydrolysis) is 1. The van der Waals surface area contributed by atoms with E-state index in [0.717, 1.165) is 82.9 Å². The second-order valence-electron chi connectivity index (χ2n) is 19.0. The minimum Gasteiger partial charge on any atom is -0.444 e. The third-order valence-corrected chi connectivity index (χ3v) is 12.3. The predicted molar refractivity (Wildman–Crippen MR) is 242 cm³/mol. The molecule has 3 saturated heterocycles. The number of hydrogen-bond acceptors (Lipinski definition) is 12. The van der Waals surface area contributed by atoms with Gasteiger partial charge < -0.3 is 34.5 Å². The monoisotopic (exact) mass is 868 g/mol. The Bertz CT molecular complexity index is 2300. The average Bonchev–Trinajstić information content (AvgIpc) is 3.56. The molecule has 3 fully saturated rings. The van der Waals surface area contributed by atoms with Gasteiger partial charge in [0.05, 0.1) is 48.6 Å². The molecule has 0 radical (unpaired) electrons. The van der Waals surface area contributed by atoms with Crippen LogP contribution >= 0.6 is 0 Å². The largest absolute Gasteiger partial charge is 0.444 e. The van der Waals surface area contributed by atoms with Crippen LogP contribution in [0.4, 0.5) is 10.5 Å². The first-order valence-electron chi connectivity index (χ1n) is 22.3. The molecule has 4 aromatic rings. The third-order valence-electron chi connectivity index (χ3n) is 12.3. The summed E-state index contributed by atoms with van der Waals surface area (Å²) in [6, 6.07) is 15.6. The molecular weight excluding hydrogens is 805 g/mol. The van der Waals surface area contributed by atoms with Crippen molar-refractivity contribution in [1.82, 2.24) is 30.2 Å². The molecule has 2 aromatic heterocycles. The number of amides is 2. The Morgan fingerprint density at radius 1 is 1.08 bits per heavy atom. The van der Waals surface area contributed by atoms with E-state index in [1.807, 2.05) is 30.5 Å². The van der Waals surface area contributed by atoms with E-state index in [4.69, 9.17) is 14.5 Å². The van der Waals surface area contributed by atoms with Crippen LogP contribution in [0.1, 0.15) is 84.2 Å². The van der Waals surface area contributed by atoms with Gasteiger partial charge in [0.2, 0.25) is 0 Å². The number of nitrogens with one attached hydrogen (secondary N) is 2. The molecule has 3 aliphatic heterocycles. The Hall–Kier alpha value is -5.13. The topological polar surface area (TPSA) is 188 Å². The second kappa shape index (κ2) is 18.9. The van der Waals surface area contributed by atoms with Crippen molar-refractivity contribution in [2.45, 2.75) is 111 Å². The number of benzene rings is 2. The summed E-state index contributed by atoms with van der Waals surface area (Å²) in [6.07, 6.45) is 0.557. The molecule has 16 heteroatoms. The van der Waals surface area contributed by atoms with E-state index in [1.54, 1.807) is 27.7 Å². The van der Waals surface area contributed by atoms with Crippen molar-refractivity contribution >= 4 is 28.6 Å². The number of fused-ring (bicyclic) bond motifs is 2. The Balaban J connectivity index is 1.28. The Morgan fingerprint density at radius 2 is 1.86 bits per heavy atom. The van der Waals surface area contributed by atoms with E-state index >= 15 is 0 Å². The van der Waals surface area contributed by atoms with Crippen molar-refractivity contribution in [3.63, 3.8) is 0 Å². The molecular formula is C47H64N8O8. The number of carbonyl (C=O) groups excluding carboxylic acids is 2. The zero-order valence-electron chi connectivity index (χ0n) is 37.7. The number of ether oxygens (including phenoxy) is 2. The minimum atomic E-state index is -1.11. The lowest BCUT2D eigenvalue weighted by Crippen LogP contribution is -2.60. The van der Waals surface area contributed by atoms with Crippen LogP contribution in [-0.4, -0.2) is 123 Å². The van der Waals surface area contributed by atoms with Gasteiger partial charge >= 0.3 is 6.09 Å². The molecule has 2 aromatic carbocycles. The molecule has 63 heavy (non-hydrogen) atoms. The molecule has 0 bridgehead atoms. The highest BCUT2D eigenvalue weighted by Gasteiger charge is 2.36. The van der Waals surface area contributed by atoms with E-state index in [-0.39, 0.29) is 26.0 Å². The van der Waals surface area contributed by atoms with Gasteiger partial charge in [-0.25, -0.2) is 4.79 Å². The fourth-order valence-corrected chi connectivity index (χ4v) is 9.12. The summed E-state index contributed by atoms with van der Waals surface area (Å²) in [5.41, 5.74) is 9.49. The van der Waals surface area contributed by atoms with Gasteiger partial charge in [-0.3, -0.25) is 29.8 Å². The number of aliphatic hydroxyl groups is 2. The first kappa shape index (κ1) is 45.9. The number of aliphatic hydroxyl groups excluding tert-OH is 2. The summed E-state index contributed by atoms with van der Waals surface area (Å²) in [7, 11) is 0. The predicted octanol–water partition coefficient (Wildman–Crippen LogP) is 5.69. The summed E-state index contributed by atoms with van der Waals surface area (Å²) in [6.45, 7) is 19.1. The molecule has 0 saturated carbocycles. The average molecular weight is 869 g/mol. The number of pyridine rings is 1. The van der Waals surface area contributed by atoms with Crippen LogP contribution in [0, 0.1) is 15.5 Å². The second-order valence-corrected chi connectivity index (χ2v) is 19.0. The minimum absolute atomic E-state index is 0.0287. The van der Waals surface area contributed by atoms with Crippen molar-refractivity contribution in [3.8, 4) is 22.4 Å². The molecule has 0 unspecified atom stereocenters. The molecule has 0 aliphatic carbocycles. The normalized spacial score (nSPS) is 19.7. The summed E-state index contributed by atoms with van der Waals surface area (Å²) in [5.74, 6) is -0.496. The molecule has 4 atom stereocenters. The van der Waals surface area contributed by atoms with Gasteiger partial charge in [0.1, 0.15) is 11.6 Å². The number of nitrogens with zero attached hydrogens (tertiary/aromatic N) is 6. The number of morpholine rings is 1. The number of piperazine rings is 1. The Morgan fingerprint density at radius 3 is 2.57 bits per heavy atom. The van der Waals surface area contributed by atoms with E-state index < -0.39 is 46.3 Å². The van der Waals surface area contributed by atoms with Crippen LogP contribution < -0.4 is 15.6 Å². The molecule has 3 aliphatic rings. The summed E-state index contributed by atoms with van der Waals surface area (Å²) in [4.78, 5) is 48.0. The zero-order valence-corrected chi connectivity index (χ0v) is 37.7. The summed E-state index contributed by atoms with van der Waals surface area (Å²) < 4.78 is 13.7. The first-order chi connectivity index (χ1) is 29.9. The van der Waals surface area contributed by atoms with Gasteiger partial charge in [0, 0.05) is 80.1 Å². The summed E-state index contributed by atoms with van der Waals surface area (Å²) >= 11 is 0. The van der Waals surface area contributed by atoms with Crippen LogP contribution in [0.25, 0.3) is 33.3 Å². The molecule has 5 heterocycles. The lowest BCUT2D eigenvalue weighted by atomic mass is 9.84. The van der Waals surface area contributed by atoms with Crippen LogP contribution in [0.5, 0.6) is 0 Å². The number of hydrazine groups is 1. The lowest BCUT2D eigenvalue weighted by Gasteiger charge is -2.44. The number of carbonyl (C=O) groups is 2. The van der Waals surface area contributed by atoms with Gasteiger partial charge in [-0.15, -0.1) is 0 Å². The van der Waals surface area contributed by atoms with E-state index in [9.17, 15) is 29.9 Å². The van der Waals surface area contributed by atoms with Gasteiger partial charge in [0.15, 0.2) is 0 Å². The molecule has 16 nitrogen and oxygen atoms in total. The van der Waals surface area contributed by atoms with Crippen molar-refractivity contribution in [1.29, 1.82) is 0 Å². The van der Waals surface area contributed by atoms with E-state index in [2.05, 4.69) is 70.1 Å². The number of hydrogen-bond donors (Lipinski definition) is 4. The first-order valence-corrected chi connectivity index (χ1v) is 22.3. The van der Waals surface area contributed by atoms with Crippen molar-refractivity contribution in [2.24, 2.45) is 5.41 Å². The maximum absolute atomic E-state index is 14.0. The fourth-order valence-electron chi connectivity index (χ4n) is 9.12. The smallest absolute Gasteiger partial charge is 0.408 e. The van der Waals surface area contributed by atoms with Crippen molar-refractivity contribution < 1.29 is 34.2 Å². The fraction of sp³-hybridized carbons (Fsp3) is 0.553. The standard InChI is InChI=1S/C47H64N8O8/c1-8-53-40-15-14-33(32-12-9-11-31(21-32)22-39(49-45(59)63-46(3,4)5)44(58)54-16-10-13-41(50-54)55(60)61)23-36(40)38(25-47(6,7)29-56)43(53)37-24-34(26-48-42(37)30(2)57)52-18-17-51-19-20-62-28-35(51)27-52/h9,11-12,14-15,21,23-24,26,30,35,39,41,50,56-57H,8,10,13,16-20,22,25,27-29H2,1-7H3,(H,49,59)/t30-,35-,39-,41+/m0/s1. The van der Waals surface area contributed by atoms with Gasteiger partial charge in [-0.05, 0) is 93.3 Å². The zero-order chi connectivity index (χ0) is 45.2. The van der Waals surface area contributed by atoms with Gasteiger partial charge in [0.25, 0.3) is 12.1 Å². The molecule has 0 spiro atoms. The van der Waals surface area contributed by atoms with Crippen LogP contribution in [0.15, 0.2) is 54.7 Å². The van der Waals surface area contributed by atoms with Crippen molar-refractivity contribution in [3.05, 3.63) is 81.7 Å². The van der Waals surface area contributed by atoms with Gasteiger partial charge in [-0.2, -0.15) is 5.43 Å². The number of rotatable bonds is 13. The van der Waals surface area contributed by atoms with E-state index in [0.29, 0.717) is 37.7 Å². The maximum atomic E-state index is 14.0. The highest BCUT2D eigenvalue weighted by Crippen LogP contribution is 2.42. The van der Waals surface area contributed by atoms with Crippen LogP contribution in [-0.2, 0) is 33.7 Å². The molecule has 2 amide bonds. The van der Waals surface area contributed by atoms with Crippen LogP contribution in [0.2, 0.25) is 0 Å². The quantitative estimate of drug-likeness (QED) is 0.0952. The number of anilines is 1. The van der Waals surface area contributed by atoms with Crippen LogP contribution in [0.3, 0.4) is 0 Å². The number of aryl methyl sites for hydroxylation is 1. The SMILES string of the molecule is CCn1c(-c2cc(N3CCN4CCOC[C@@H]4C3)cnc2[C@H](C)O)c(CC(C)(C)CO)c2cc(-c3cccc(C[C@H](NC(=O)OC(C)(C)C)C(=O)N4CCC[C@@H]([N+](=O)[O-])N4)c3)ccc21. The number of nitro groups is 1. The highest BCUT2D eigenvalue weighted by molar-refractivity contribution is 5.95. The molecule has 4 N–H and O–H groups in total.